The standard InChI is InChI=1S/C21H22N4O4S/c26-18(23-8-10-24(11-9-23)20(28)17-7-4-12-30-17)14-25-19(27)16(22-21(25)29)13-15-5-2-1-3-6-15/h1-7,12,16H,8-11,13-14H2,(H,22,29). The highest BCUT2D eigenvalue weighted by Gasteiger charge is 2.39. The minimum absolute atomic E-state index is 0.0325. The molecular formula is C21H22N4O4S. The Morgan fingerprint density at radius 2 is 1.67 bits per heavy atom. The molecule has 1 N–H and O–H groups in total. The van der Waals surface area contributed by atoms with Gasteiger partial charge in [0.1, 0.15) is 12.6 Å². The molecule has 0 saturated carbocycles. The van der Waals surface area contributed by atoms with Gasteiger partial charge in [-0.2, -0.15) is 0 Å². The second kappa shape index (κ2) is 8.66. The second-order valence-electron chi connectivity index (χ2n) is 7.27. The zero-order valence-electron chi connectivity index (χ0n) is 16.3. The van der Waals surface area contributed by atoms with Crippen LogP contribution in [0.4, 0.5) is 4.79 Å². The number of amides is 5. The summed E-state index contributed by atoms with van der Waals surface area (Å²) in [6.07, 6.45) is 0.389. The van der Waals surface area contributed by atoms with Gasteiger partial charge in [0.25, 0.3) is 11.8 Å². The zero-order chi connectivity index (χ0) is 21.1. The Bertz CT molecular complexity index is 939. The van der Waals surface area contributed by atoms with Crippen molar-refractivity contribution in [1.82, 2.24) is 20.0 Å². The van der Waals surface area contributed by atoms with E-state index in [1.165, 1.54) is 11.3 Å². The molecule has 2 aromatic rings. The van der Waals surface area contributed by atoms with Crippen LogP contribution in [0.1, 0.15) is 15.2 Å². The lowest BCUT2D eigenvalue weighted by atomic mass is 10.1. The molecule has 2 aliphatic rings. The number of nitrogens with one attached hydrogen (secondary N) is 1. The lowest BCUT2D eigenvalue weighted by Crippen LogP contribution is -2.53. The van der Waals surface area contributed by atoms with Crippen molar-refractivity contribution in [2.24, 2.45) is 0 Å². The number of thiophene rings is 1. The minimum atomic E-state index is -0.659. The molecule has 1 atom stereocenters. The summed E-state index contributed by atoms with van der Waals surface area (Å²) in [6, 6.07) is 11.8. The van der Waals surface area contributed by atoms with E-state index in [0.29, 0.717) is 37.5 Å². The van der Waals surface area contributed by atoms with Gasteiger partial charge in [-0.3, -0.25) is 19.3 Å². The first kappa shape index (κ1) is 20.1. The molecule has 2 fully saturated rings. The third-order valence-corrected chi connectivity index (χ3v) is 6.19. The molecule has 0 radical (unpaired) electrons. The Balaban J connectivity index is 1.30. The van der Waals surface area contributed by atoms with E-state index in [4.69, 9.17) is 0 Å². The normalized spacial score (nSPS) is 19.2. The van der Waals surface area contributed by atoms with Gasteiger partial charge in [-0.25, -0.2) is 4.79 Å². The number of hydrogen-bond acceptors (Lipinski definition) is 5. The Hall–Kier alpha value is -3.20. The lowest BCUT2D eigenvalue weighted by molar-refractivity contribution is -0.138. The molecule has 2 aliphatic heterocycles. The topological polar surface area (TPSA) is 90.0 Å². The highest BCUT2D eigenvalue weighted by Crippen LogP contribution is 2.15. The van der Waals surface area contributed by atoms with Gasteiger partial charge in [-0.1, -0.05) is 36.4 Å². The first-order chi connectivity index (χ1) is 14.5. The van der Waals surface area contributed by atoms with E-state index >= 15 is 0 Å². The average Bonchev–Trinajstić information content (AvgIpc) is 3.39. The summed E-state index contributed by atoms with van der Waals surface area (Å²) in [6.45, 7) is 1.34. The number of imide groups is 1. The fraction of sp³-hybridized carbons (Fsp3) is 0.333. The molecule has 0 aliphatic carbocycles. The molecule has 30 heavy (non-hydrogen) atoms. The van der Waals surface area contributed by atoms with Crippen molar-refractivity contribution >= 4 is 35.1 Å². The van der Waals surface area contributed by atoms with Crippen LogP contribution < -0.4 is 5.32 Å². The van der Waals surface area contributed by atoms with Gasteiger partial charge in [-0.05, 0) is 17.0 Å². The van der Waals surface area contributed by atoms with Gasteiger partial charge >= 0.3 is 6.03 Å². The maximum Gasteiger partial charge on any atom is 0.325 e. The van der Waals surface area contributed by atoms with Crippen LogP contribution >= 0.6 is 11.3 Å². The molecule has 1 aromatic heterocycles. The average molecular weight is 426 g/mol. The van der Waals surface area contributed by atoms with Crippen LogP contribution in [0.5, 0.6) is 0 Å². The van der Waals surface area contributed by atoms with Crippen molar-refractivity contribution in [3.63, 3.8) is 0 Å². The number of piperazine rings is 1. The quantitative estimate of drug-likeness (QED) is 0.728. The van der Waals surface area contributed by atoms with Gasteiger partial charge < -0.3 is 15.1 Å². The molecule has 156 valence electrons. The second-order valence-corrected chi connectivity index (χ2v) is 8.21. The van der Waals surface area contributed by atoms with Crippen LogP contribution in [-0.4, -0.2) is 77.2 Å². The molecular weight excluding hydrogens is 404 g/mol. The monoisotopic (exact) mass is 426 g/mol. The Morgan fingerprint density at radius 1 is 0.967 bits per heavy atom. The van der Waals surface area contributed by atoms with Crippen molar-refractivity contribution in [2.45, 2.75) is 12.5 Å². The van der Waals surface area contributed by atoms with E-state index < -0.39 is 12.1 Å². The highest BCUT2D eigenvalue weighted by molar-refractivity contribution is 7.12. The Kier molecular flexibility index (Phi) is 5.80. The molecule has 4 rings (SSSR count). The summed E-state index contributed by atoms with van der Waals surface area (Å²) < 4.78 is 0. The van der Waals surface area contributed by atoms with Crippen molar-refractivity contribution in [3.05, 3.63) is 58.3 Å². The SMILES string of the molecule is O=C(CN1C(=O)NC(Cc2ccccc2)C1=O)N1CCN(C(=O)c2cccs2)CC1. The molecule has 5 amide bonds. The van der Waals surface area contributed by atoms with Gasteiger partial charge in [0.05, 0.1) is 4.88 Å². The Labute approximate surface area is 178 Å². The predicted molar refractivity (Wildman–Crippen MR) is 111 cm³/mol. The lowest BCUT2D eigenvalue weighted by Gasteiger charge is -2.35. The molecule has 0 bridgehead atoms. The van der Waals surface area contributed by atoms with Crippen molar-refractivity contribution in [2.75, 3.05) is 32.7 Å². The van der Waals surface area contributed by atoms with Gasteiger partial charge in [0.2, 0.25) is 5.91 Å². The van der Waals surface area contributed by atoms with E-state index in [9.17, 15) is 19.2 Å². The van der Waals surface area contributed by atoms with Gasteiger partial charge in [0.15, 0.2) is 0 Å². The summed E-state index contributed by atoms with van der Waals surface area (Å²) in [7, 11) is 0. The first-order valence-corrected chi connectivity index (χ1v) is 10.7. The van der Waals surface area contributed by atoms with Gasteiger partial charge in [-0.15, -0.1) is 11.3 Å². The van der Waals surface area contributed by atoms with Crippen molar-refractivity contribution in [3.8, 4) is 0 Å². The number of urea groups is 1. The van der Waals surface area contributed by atoms with Crippen LogP contribution in [0.15, 0.2) is 47.8 Å². The number of carbonyl (C=O) groups excluding carboxylic acids is 4. The summed E-state index contributed by atoms with van der Waals surface area (Å²) in [5, 5.41) is 4.52. The van der Waals surface area contributed by atoms with E-state index in [2.05, 4.69) is 5.32 Å². The summed E-state index contributed by atoms with van der Waals surface area (Å²) in [4.78, 5) is 54.9. The fourth-order valence-corrected chi connectivity index (χ4v) is 4.36. The first-order valence-electron chi connectivity index (χ1n) is 9.79. The van der Waals surface area contributed by atoms with Crippen LogP contribution in [0.3, 0.4) is 0 Å². The smallest absolute Gasteiger partial charge is 0.325 e. The summed E-state index contributed by atoms with van der Waals surface area (Å²) in [5.74, 6) is -0.708. The molecule has 2 saturated heterocycles. The summed E-state index contributed by atoms with van der Waals surface area (Å²) in [5.41, 5.74) is 0.941. The van der Waals surface area contributed by atoms with E-state index in [1.54, 1.807) is 15.9 Å². The molecule has 3 heterocycles. The van der Waals surface area contributed by atoms with E-state index in [1.807, 2.05) is 41.8 Å². The van der Waals surface area contributed by atoms with Crippen molar-refractivity contribution in [1.29, 1.82) is 0 Å². The third kappa shape index (κ3) is 4.20. The van der Waals surface area contributed by atoms with E-state index in [0.717, 1.165) is 10.5 Å². The molecule has 1 aromatic carbocycles. The zero-order valence-corrected chi connectivity index (χ0v) is 17.1. The van der Waals surface area contributed by atoms with Gasteiger partial charge in [0, 0.05) is 32.6 Å². The number of nitrogens with zero attached hydrogens (tertiary/aromatic N) is 3. The number of carbonyl (C=O) groups is 4. The predicted octanol–water partition coefficient (Wildman–Crippen LogP) is 1.20. The Morgan fingerprint density at radius 3 is 2.33 bits per heavy atom. The van der Waals surface area contributed by atoms with Crippen LogP contribution in [-0.2, 0) is 16.0 Å². The molecule has 9 heteroatoms. The fourth-order valence-electron chi connectivity index (χ4n) is 3.67. The largest absolute Gasteiger partial charge is 0.338 e. The maximum atomic E-state index is 12.7. The van der Waals surface area contributed by atoms with E-state index in [-0.39, 0.29) is 24.3 Å². The highest BCUT2D eigenvalue weighted by atomic mass is 32.1. The molecule has 1 unspecified atom stereocenters. The third-order valence-electron chi connectivity index (χ3n) is 5.33. The maximum absolute atomic E-state index is 12.7. The van der Waals surface area contributed by atoms with Crippen molar-refractivity contribution < 1.29 is 19.2 Å². The number of benzene rings is 1. The minimum Gasteiger partial charge on any atom is -0.338 e. The summed E-state index contributed by atoms with van der Waals surface area (Å²) >= 11 is 1.39. The van der Waals surface area contributed by atoms with Crippen LogP contribution in [0, 0.1) is 0 Å². The number of hydrogen-bond donors (Lipinski definition) is 1. The number of rotatable bonds is 5. The molecule has 8 nitrogen and oxygen atoms in total. The van der Waals surface area contributed by atoms with Crippen LogP contribution in [0.25, 0.3) is 0 Å². The molecule has 0 spiro atoms. The van der Waals surface area contributed by atoms with Crippen LogP contribution in [0.2, 0.25) is 0 Å².